The Morgan fingerprint density at radius 3 is 2.79 bits per heavy atom. The highest BCUT2D eigenvalue weighted by atomic mass is 16.3. The van der Waals surface area contributed by atoms with E-state index >= 15 is 0 Å². The summed E-state index contributed by atoms with van der Waals surface area (Å²) in [5.74, 6) is -0.110. The number of likely N-dealkylation sites (tertiary alicyclic amines) is 1. The number of nitrogens with one attached hydrogen (secondary N) is 1. The molecule has 2 N–H and O–H groups in total. The number of amides is 1. The molecule has 0 bridgehead atoms. The van der Waals surface area contributed by atoms with Crippen LogP contribution >= 0.6 is 0 Å². The first-order valence-electron chi connectivity index (χ1n) is 8.27. The molecule has 3 rings (SSSR count). The number of nitrogens with zero attached hydrogens (tertiary/aromatic N) is 3. The van der Waals surface area contributed by atoms with E-state index < -0.39 is 0 Å². The summed E-state index contributed by atoms with van der Waals surface area (Å²) in [6, 6.07) is 10.3. The minimum absolute atomic E-state index is 0.110. The van der Waals surface area contributed by atoms with Crippen molar-refractivity contribution in [2.24, 2.45) is 7.05 Å². The van der Waals surface area contributed by atoms with Crippen molar-refractivity contribution in [3.63, 3.8) is 0 Å². The van der Waals surface area contributed by atoms with Gasteiger partial charge in [-0.3, -0.25) is 14.4 Å². The smallest absolute Gasteiger partial charge is 0.254 e. The number of benzene rings is 1. The van der Waals surface area contributed by atoms with E-state index in [-0.39, 0.29) is 18.1 Å². The summed E-state index contributed by atoms with van der Waals surface area (Å²) in [4.78, 5) is 14.6. The van der Waals surface area contributed by atoms with E-state index in [0.717, 1.165) is 12.2 Å². The van der Waals surface area contributed by atoms with Crippen molar-refractivity contribution >= 4 is 5.91 Å². The molecule has 0 radical (unpaired) electrons. The van der Waals surface area contributed by atoms with Gasteiger partial charge in [0.25, 0.3) is 5.91 Å². The van der Waals surface area contributed by atoms with Crippen molar-refractivity contribution in [2.45, 2.75) is 32.0 Å². The van der Waals surface area contributed by atoms with E-state index in [1.54, 1.807) is 10.9 Å². The van der Waals surface area contributed by atoms with Crippen LogP contribution < -0.4 is 5.32 Å². The Balaban J connectivity index is 1.60. The van der Waals surface area contributed by atoms with Gasteiger partial charge in [0.05, 0.1) is 17.9 Å². The Morgan fingerprint density at radius 2 is 2.12 bits per heavy atom. The molecule has 0 spiro atoms. The van der Waals surface area contributed by atoms with Crippen molar-refractivity contribution in [1.82, 2.24) is 20.0 Å². The van der Waals surface area contributed by atoms with Crippen LogP contribution in [0.25, 0.3) is 0 Å². The zero-order valence-electron chi connectivity index (χ0n) is 14.1. The van der Waals surface area contributed by atoms with Crippen molar-refractivity contribution in [2.75, 3.05) is 13.1 Å². The number of hydrogen-bond acceptors (Lipinski definition) is 4. The van der Waals surface area contributed by atoms with Crippen LogP contribution in [0.3, 0.4) is 0 Å². The monoisotopic (exact) mass is 328 g/mol. The van der Waals surface area contributed by atoms with E-state index in [9.17, 15) is 9.90 Å². The van der Waals surface area contributed by atoms with Gasteiger partial charge in [-0.2, -0.15) is 5.10 Å². The number of aliphatic hydroxyl groups is 1. The van der Waals surface area contributed by atoms with Crippen LogP contribution in [0.15, 0.2) is 36.5 Å². The zero-order chi connectivity index (χ0) is 17.1. The molecular formula is C18H24N4O2. The third-order valence-electron chi connectivity index (χ3n) is 4.71. The summed E-state index contributed by atoms with van der Waals surface area (Å²) >= 11 is 0. The highest BCUT2D eigenvalue weighted by molar-refractivity contribution is 5.95. The highest BCUT2D eigenvalue weighted by Crippen LogP contribution is 2.20. The van der Waals surface area contributed by atoms with E-state index in [1.165, 1.54) is 5.56 Å². The lowest BCUT2D eigenvalue weighted by molar-refractivity contribution is 0.0939. The van der Waals surface area contributed by atoms with Crippen LogP contribution in [0.4, 0.5) is 0 Å². The molecule has 2 atom stereocenters. The van der Waals surface area contributed by atoms with Crippen LogP contribution in [0.2, 0.25) is 0 Å². The molecule has 128 valence electrons. The number of aliphatic hydroxyl groups excluding tert-OH is 1. The molecule has 6 heteroatoms. The number of carbonyl (C=O) groups excluding carboxylic acids is 1. The Labute approximate surface area is 142 Å². The quantitative estimate of drug-likeness (QED) is 0.862. The molecule has 1 aliphatic heterocycles. The fraction of sp³-hybridized carbons (Fsp3) is 0.444. The molecule has 6 nitrogen and oxygen atoms in total. The number of carbonyl (C=O) groups is 1. The van der Waals surface area contributed by atoms with Gasteiger partial charge in [-0.15, -0.1) is 0 Å². The third kappa shape index (κ3) is 3.66. The van der Waals surface area contributed by atoms with Gasteiger partial charge >= 0.3 is 0 Å². The minimum Gasteiger partial charge on any atom is -0.392 e. The first-order chi connectivity index (χ1) is 11.5. The lowest BCUT2D eigenvalue weighted by atomic mass is 10.1. The van der Waals surface area contributed by atoms with E-state index in [2.05, 4.69) is 27.4 Å². The first-order valence-corrected chi connectivity index (χ1v) is 8.27. The second-order valence-electron chi connectivity index (χ2n) is 6.44. The average Bonchev–Trinajstić information content (AvgIpc) is 3.09. The molecule has 1 fully saturated rings. The van der Waals surface area contributed by atoms with Gasteiger partial charge in [-0.1, -0.05) is 30.3 Å². The predicted octanol–water partition coefficient (Wildman–Crippen LogP) is 1.09. The van der Waals surface area contributed by atoms with Crippen molar-refractivity contribution in [3.05, 3.63) is 53.3 Å². The molecule has 1 saturated heterocycles. The average molecular weight is 328 g/mol. The Bertz CT molecular complexity index is 698. The summed E-state index contributed by atoms with van der Waals surface area (Å²) in [5.41, 5.74) is 2.66. The lowest BCUT2D eigenvalue weighted by Crippen LogP contribution is -2.39. The number of aryl methyl sites for hydroxylation is 1. The van der Waals surface area contributed by atoms with Gasteiger partial charge in [0.15, 0.2) is 0 Å². The molecule has 1 aromatic carbocycles. The Hall–Kier alpha value is -2.18. The van der Waals surface area contributed by atoms with Gasteiger partial charge in [-0.25, -0.2) is 0 Å². The summed E-state index contributed by atoms with van der Waals surface area (Å²) in [6.45, 7) is 3.83. The Kier molecular flexibility index (Phi) is 4.97. The third-order valence-corrected chi connectivity index (χ3v) is 4.71. The van der Waals surface area contributed by atoms with Gasteiger partial charge in [-0.05, 0) is 18.9 Å². The van der Waals surface area contributed by atoms with E-state index in [4.69, 9.17) is 0 Å². The largest absolute Gasteiger partial charge is 0.392 e. The first kappa shape index (κ1) is 16.7. The summed E-state index contributed by atoms with van der Waals surface area (Å²) < 4.78 is 1.69. The number of rotatable bonds is 5. The second-order valence-corrected chi connectivity index (χ2v) is 6.44. The standard InChI is InChI=1S/C18H24N4O2/c1-13-17(10-20-21(13)2)18(24)19-9-15-8-16(23)12-22(15)11-14-6-4-3-5-7-14/h3-7,10,15-16,23H,8-9,11-12H2,1-2H3,(H,19,24). The second kappa shape index (κ2) is 7.15. The van der Waals surface area contributed by atoms with Gasteiger partial charge < -0.3 is 10.4 Å². The van der Waals surface area contributed by atoms with Crippen LogP contribution in [-0.2, 0) is 13.6 Å². The lowest BCUT2D eigenvalue weighted by Gasteiger charge is -2.24. The zero-order valence-corrected chi connectivity index (χ0v) is 14.1. The summed E-state index contributed by atoms with van der Waals surface area (Å²) in [5, 5.41) is 17.1. The molecule has 24 heavy (non-hydrogen) atoms. The molecule has 2 heterocycles. The minimum atomic E-state index is -0.337. The van der Waals surface area contributed by atoms with Crippen molar-refractivity contribution in [1.29, 1.82) is 0 Å². The molecular weight excluding hydrogens is 304 g/mol. The summed E-state index contributed by atoms with van der Waals surface area (Å²) in [6.07, 6.45) is 1.94. The maximum Gasteiger partial charge on any atom is 0.254 e. The fourth-order valence-electron chi connectivity index (χ4n) is 3.21. The van der Waals surface area contributed by atoms with Crippen LogP contribution in [-0.4, -0.2) is 50.9 Å². The Morgan fingerprint density at radius 1 is 1.38 bits per heavy atom. The fourth-order valence-corrected chi connectivity index (χ4v) is 3.21. The maximum absolute atomic E-state index is 12.3. The van der Waals surface area contributed by atoms with Crippen molar-refractivity contribution < 1.29 is 9.90 Å². The van der Waals surface area contributed by atoms with Gasteiger partial charge in [0.2, 0.25) is 0 Å². The van der Waals surface area contributed by atoms with Crippen LogP contribution in [0.5, 0.6) is 0 Å². The maximum atomic E-state index is 12.3. The van der Waals surface area contributed by atoms with E-state index in [1.807, 2.05) is 32.2 Å². The molecule has 2 unspecified atom stereocenters. The SMILES string of the molecule is Cc1c(C(=O)NCC2CC(O)CN2Cc2ccccc2)cnn1C. The topological polar surface area (TPSA) is 70.4 Å². The molecule has 0 aliphatic carbocycles. The number of aromatic nitrogens is 2. The van der Waals surface area contributed by atoms with Gasteiger partial charge in [0.1, 0.15) is 0 Å². The number of β-amino-alcohol motifs (C(OH)–C–C–N with tert-alkyl or cyclic N) is 1. The summed E-state index contributed by atoms with van der Waals surface area (Å²) in [7, 11) is 1.82. The normalized spacial score (nSPS) is 21.1. The molecule has 0 saturated carbocycles. The predicted molar refractivity (Wildman–Crippen MR) is 91.5 cm³/mol. The van der Waals surface area contributed by atoms with Crippen LogP contribution in [0.1, 0.15) is 28.0 Å². The molecule has 1 amide bonds. The highest BCUT2D eigenvalue weighted by Gasteiger charge is 2.31. The van der Waals surface area contributed by atoms with Gasteiger partial charge in [0, 0.05) is 38.4 Å². The van der Waals surface area contributed by atoms with Crippen LogP contribution in [0, 0.1) is 6.92 Å². The molecule has 2 aromatic rings. The number of hydrogen-bond donors (Lipinski definition) is 2. The van der Waals surface area contributed by atoms with Crippen molar-refractivity contribution in [3.8, 4) is 0 Å². The molecule has 1 aliphatic rings. The van der Waals surface area contributed by atoms with E-state index in [0.29, 0.717) is 25.1 Å². The molecule has 1 aromatic heterocycles.